The quantitative estimate of drug-likeness (QED) is 0.769. The van der Waals surface area contributed by atoms with Gasteiger partial charge in [-0.3, -0.25) is 4.79 Å². The highest BCUT2D eigenvalue weighted by Crippen LogP contribution is 2.32. The third-order valence-corrected chi connectivity index (χ3v) is 3.98. The lowest BCUT2D eigenvalue weighted by Gasteiger charge is -2.07. The SMILES string of the molecule is CC(C)c1ccc(CCC(=O)c2ccc3c(c2)OCO3)cc1. The second-order valence-electron chi connectivity index (χ2n) is 5.89. The van der Waals surface area contributed by atoms with Gasteiger partial charge in [0.2, 0.25) is 6.79 Å². The summed E-state index contributed by atoms with van der Waals surface area (Å²) in [6, 6.07) is 13.9. The monoisotopic (exact) mass is 296 g/mol. The van der Waals surface area contributed by atoms with Gasteiger partial charge >= 0.3 is 0 Å². The fourth-order valence-corrected chi connectivity index (χ4v) is 2.54. The Morgan fingerprint density at radius 3 is 2.50 bits per heavy atom. The summed E-state index contributed by atoms with van der Waals surface area (Å²) in [6.45, 7) is 4.59. The Bertz CT molecular complexity index is 672. The topological polar surface area (TPSA) is 35.5 Å². The van der Waals surface area contributed by atoms with Gasteiger partial charge in [0.15, 0.2) is 17.3 Å². The molecule has 2 aromatic rings. The zero-order chi connectivity index (χ0) is 15.5. The molecular formula is C19H20O3. The van der Waals surface area contributed by atoms with Crippen molar-refractivity contribution in [3.8, 4) is 11.5 Å². The van der Waals surface area contributed by atoms with Crippen LogP contribution in [0.5, 0.6) is 11.5 Å². The smallest absolute Gasteiger partial charge is 0.231 e. The molecule has 0 unspecified atom stereocenters. The largest absolute Gasteiger partial charge is 0.454 e. The molecule has 0 amide bonds. The van der Waals surface area contributed by atoms with Crippen molar-refractivity contribution >= 4 is 5.78 Å². The molecule has 3 rings (SSSR count). The number of hydrogen-bond acceptors (Lipinski definition) is 3. The molecule has 0 bridgehead atoms. The van der Waals surface area contributed by atoms with Gasteiger partial charge in [-0.05, 0) is 41.7 Å². The summed E-state index contributed by atoms with van der Waals surface area (Å²) in [7, 11) is 0. The van der Waals surface area contributed by atoms with Crippen LogP contribution < -0.4 is 9.47 Å². The van der Waals surface area contributed by atoms with Gasteiger partial charge in [-0.15, -0.1) is 0 Å². The van der Waals surface area contributed by atoms with Crippen LogP contribution >= 0.6 is 0 Å². The molecule has 114 valence electrons. The van der Waals surface area contributed by atoms with Crippen LogP contribution in [-0.2, 0) is 6.42 Å². The van der Waals surface area contributed by atoms with E-state index in [1.807, 2.05) is 0 Å². The lowest BCUT2D eigenvalue weighted by molar-refractivity contribution is 0.0982. The Kier molecular flexibility index (Phi) is 4.14. The molecule has 0 N–H and O–H groups in total. The molecule has 0 saturated carbocycles. The van der Waals surface area contributed by atoms with E-state index in [4.69, 9.17) is 9.47 Å². The van der Waals surface area contributed by atoms with E-state index in [0.717, 1.165) is 6.42 Å². The van der Waals surface area contributed by atoms with Crippen LogP contribution in [0.3, 0.4) is 0 Å². The maximum atomic E-state index is 12.3. The highest BCUT2D eigenvalue weighted by Gasteiger charge is 2.16. The number of carbonyl (C=O) groups excluding carboxylic acids is 1. The summed E-state index contributed by atoms with van der Waals surface area (Å²) in [6.07, 6.45) is 1.26. The van der Waals surface area contributed by atoms with E-state index in [9.17, 15) is 4.79 Å². The lowest BCUT2D eigenvalue weighted by Crippen LogP contribution is -2.01. The molecule has 3 nitrogen and oxygen atoms in total. The maximum absolute atomic E-state index is 12.3. The van der Waals surface area contributed by atoms with E-state index in [1.165, 1.54) is 11.1 Å². The zero-order valence-corrected chi connectivity index (χ0v) is 13.0. The first kappa shape index (κ1) is 14.6. The Balaban J connectivity index is 1.62. The average Bonchev–Trinajstić information content (AvgIpc) is 3.00. The number of aryl methyl sites for hydroxylation is 1. The minimum atomic E-state index is 0.131. The Labute approximate surface area is 130 Å². The average molecular weight is 296 g/mol. The van der Waals surface area contributed by atoms with Crippen molar-refractivity contribution in [1.82, 2.24) is 0 Å². The fraction of sp³-hybridized carbons (Fsp3) is 0.316. The molecule has 0 atom stereocenters. The summed E-state index contributed by atoms with van der Waals surface area (Å²) >= 11 is 0. The first-order chi connectivity index (χ1) is 10.6. The lowest BCUT2D eigenvalue weighted by atomic mass is 9.98. The van der Waals surface area contributed by atoms with Crippen LogP contribution in [-0.4, -0.2) is 12.6 Å². The van der Waals surface area contributed by atoms with E-state index in [1.54, 1.807) is 18.2 Å². The van der Waals surface area contributed by atoms with E-state index in [0.29, 0.717) is 29.4 Å². The second-order valence-corrected chi connectivity index (χ2v) is 5.89. The van der Waals surface area contributed by atoms with Crippen LogP contribution in [0.4, 0.5) is 0 Å². The standard InChI is InChI=1S/C19H20O3/c1-13(2)15-6-3-14(4-7-15)5-9-17(20)16-8-10-18-19(11-16)22-12-21-18/h3-4,6-8,10-11,13H,5,9,12H2,1-2H3. The number of ketones is 1. The maximum Gasteiger partial charge on any atom is 0.231 e. The van der Waals surface area contributed by atoms with Crippen molar-refractivity contribution in [3.05, 3.63) is 59.2 Å². The number of Topliss-reactive ketones (excluding diaryl/α,β-unsaturated/α-hetero) is 1. The van der Waals surface area contributed by atoms with Crippen LogP contribution in [0.25, 0.3) is 0 Å². The summed E-state index contributed by atoms with van der Waals surface area (Å²) < 4.78 is 10.6. The molecule has 0 fully saturated rings. The van der Waals surface area contributed by atoms with E-state index in [-0.39, 0.29) is 12.6 Å². The molecule has 1 aliphatic heterocycles. The third kappa shape index (κ3) is 3.14. The van der Waals surface area contributed by atoms with Gasteiger partial charge in [-0.1, -0.05) is 38.1 Å². The molecule has 0 radical (unpaired) electrons. The van der Waals surface area contributed by atoms with Crippen molar-refractivity contribution in [2.75, 3.05) is 6.79 Å². The van der Waals surface area contributed by atoms with Crippen LogP contribution in [0, 0.1) is 0 Å². The van der Waals surface area contributed by atoms with Crippen molar-refractivity contribution in [3.63, 3.8) is 0 Å². The molecule has 2 aromatic carbocycles. The van der Waals surface area contributed by atoms with Gasteiger partial charge in [0.1, 0.15) is 0 Å². The first-order valence-electron chi connectivity index (χ1n) is 7.65. The molecule has 0 saturated heterocycles. The number of ether oxygens (including phenoxy) is 2. The molecule has 0 spiro atoms. The number of fused-ring (bicyclic) bond motifs is 1. The van der Waals surface area contributed by atoms with Crippen molar-refractivity contribution in [1.29, 1.82) is 0 Å². The van der Waals surface area contributed by atoms with Gasteiger partial charge < -0.3 is 9.47 Å². The number of hydrogen-bond donors (Lipinski definition) is 0. The Hall–Kier alpha value is -2.29. The summed E-state index contributed by atoms with van der Waals surface area (Å²) in [5, 5.41) is 0. The van der Waals surface area contributed by atoms with Gasteiger partial charge in [0, 0.05) is 12.0 Å². The summed E-state index contributed by atoms with van der Waals surface area (Å²) in [4.78, 5) is 12.3. The van der Waals surface area contributed by atoms with Gasteiger partial charge in [0.25, 0.3) is 0 Å². The molecule has 1 heterocycles. The molecule has 1 aliphatic rings. The van der Waals surface area contributed by atoms with E-state index >= 15 is 0 Å². The molecule has 0 aromatic heterocycles. The molecule has 22 heavy (non-hydrogen) atoms. The van der Waals surface area contributed by atoms with Crippen LogP contribution in [0.2, 0.25) is 0 Å². The molecule has 3 heteroatoms. The van der Waals surface area contributed by atoms with Gasteiger partial charge in [0.05, 0.1) is 0 Å². The Morgan fingerprint density at radius 2 is 1.77 bits per heavy atom. The summed E-state index contributed by atoms with van der Waals surface area (Å²) in [5.41, 5.74) is 3.20. The fourth-order valence-electron chi connectivity index (χ4n) is 2.54. The molecule has 0 aliphatic carbocycles. The van der Waals surface area contributed by atoms with Gasteiger partial charge in [-0.2, -0.15) is 0 Å². The first-order valence-corrected chi connectivity index (χ1v) is 7.65. The Morgan fingerprint density at radius 1 is 1.05 bits per heavy atom. The number of benzene rings is 2. The predicted molar refractivity (Wildman–Crippen MR) is 85.7 cm³/mol. The van der Waals surface area contributed by atoms with Crippen molar-refractivity contribution < 1.29 is 14.3 Å². The second kappa shape index (κ2) is 6.22. The number of carbonyl (C=O) groups is 1. The van der Waals surface area contributed by atoms with Gasteiger partial charge in [-0.25, -0.2) is 0 Å². The summed E-state index contributed by atoms with van der Waals surface area (Å²) in [5.74, 6) is 2.03. The minimum absolute atomic E-state index is 0.131. The third-order valence-electron chi connectivity index (χ3n) is 3.98. The highest BCUT2D eigenvalue weighted by molar-refractivity contribution is 5.96. The number of rotatable bonds is 5. The highest BCUT2D eigenvalue weighted by atomic mass is 16.7. The van der Waals surface area contributed by atoms with E-state index < -0.39 is 0 Å². The molecular weight excluding hydrogens is 276 g/mol. The van der Waals surface area contributed by atoms with Crippen molar-refractivity contribution in [2.24, 2.45) is 0 Å². The zero-order valence-electron chi connectivity index (χ0n) is 13.0. The minimum Gasteiger partial charge on any atom is -0.454 e. The van der Waals surface area contributed by atoms with Crippen LogP contribution in [0.15, 0.2) is 42.5 Å². The van der Waals surface area contributed by atoms with Crippen LogP contribution in [0.1, 0.15) is 47.7 Å². The van der Waals surface area contributed by atoms with E-state index in [2.05, 4.69) is 38.1 Å². The predicted octanol–water partition coefficient (Wildman–Crippen LogP) is 4.35. The normalized spacial score (nSPS) is 12.7. The van der Waals surface area contributed by atoms with Crippen molar-refractivity contribution in [2.45, 2.75) is 32.6 Å².